The van der Waals surface area contributed by atoms with Crippen LogP contribution in [0.25, 0.3) is 0 Å². The number of amides is 1. The van der Waals surface area contributed by atoms with E-state index in [0.29, 0.717) is 38.5 Å². The molecule has 4 rings (SSSR count). The zero-order chi connectivity index (χ0) is 27.2. The van der Waals surface area contributed by atoms with E-state index in [0.717, 1.165) is 37.9 Å². The van der Waals surface area contributed by atoms with Gasteiger partial charge in [-0.2, -0.15) is 0 Å². The number of hydrogen-bond acceptors (Lipinski definition) is 5. The first-order valence-electron chi connectivity index (χ1n) is 12.9. The second kappa shape index (κ2) is 12.3. The van der Waals surface area contributed by atoms with Crippen LogP contribution in [-0.4, -0.2) is 63.7 Å². The van der Waals surface area contributed by atoms with E-state index >= 15 is 0 Å². The monoisotopic (exact) mass is 538 g/mol. The van der Waals surface area contributed by atoms with Crippen LogP contribution in [0.1, 0.15) is 42.7 Å². The van der Waals surface area contributed by atoms with Crippen LogP contribution in [0.2, 0.25) is 0 Å². The highest BCUT2D eigenvalue weighted by atomic mass is 19.4. The molecule has 0 unspecified atom stereocenters. The van der Waals surface area contributed by atoms with Crippen LogP contribution in [0.3, 0.4) is 0 Å². The van der Waals surface area contributed by atoms with Gasteiger partial charge in [0, 0.05) is 57.3 Å². The Morgan fingerprint density at radius 3 is 2.58 bits per heavy atom. The van der Waals surface area contributed by atoms with E-state index in [4.69, 9.17) is 9.47 Å². The van der Waals surface area contributed by atoms with Gasteiger partial charge in [-0.15, -0.1) is 13.2 Å². The van der Waals surface area contributed by atoms with Crippen molar-refractivity contribution in [1.29, 1.82) is 0 Å². The van der Waals surface area contributed by atoms with Gasteiger partial charge in [-0.3, -0.25) is 4.79 Å². The first-order chi connectivity index (χ1) is 18.2. The number of piperidine rings is 2. The molecule has 1 atom stereocenters. The molecule has 38 heavy (non-hydrogen) atoms. The Morgan fingerprint density at radius 2 is 1.84 bits per heavy atom. The molecule has 1 amide bonds. The van der Waals surface area contributed by atoms with Gasteiger partial charge in [-0.05, 0) is 48.9 Å². The van der Waals surface area contributed by atoms with Gasteiger partial charge in [0.25, 0.3) is 0 Å². The molecule has 0 radical (unpaired) electrons. The topological polar surface area (TPSA) is 60.0 Å². The maximum Gasteiger partial charge on any atom is 0.573 e. The SMILES string of the molecule is COCCCOc1cc(F)ccc1[C@@H]1CNCCC12CCN(C(=O)Cc1ccccc1OC(F)(F)F)CC2. The number of halogens is 4. The van der Waals surface area contributed by atoms with Crippen LogP contribution >= 0.6 is 0 Å². The number of ether oxygens (including phenoxy) is 3. The second-order valence-electron chi connectivity index (χ2n) is 9.96. The molecule has 1 N–H and O–H groups in total. The van der Waals surface area contributed by atoms with Crippen LogP contribution < -0.4 is 14.8 Å². The van der Waals surface area contributed by atoms with Crippen molar-refractivity contribution < 1.29 is 36.6 Å². The summed E-state index contributed by atoms with van der Waals surface area (Å²) in [5.74, 6) is -0.327. The zero-order valence-corrected chi connectivity index (χ0v) is 21.5. The normalized spacial score (nSPS) is 19.4. The molecule has 2 aliphatic heterocycles. The third-order valence-corrected chi connectivity index (χ3v) is 7.64. The summed E-state index contributed by atoms with van der Waals surface area (Å²) in [6.45, 7) is 3.54. The Balaban J connectivity index is 1.45. The van der Waals surface area contributed by atoms with Gasteiger partial charge in [0.05, 0.1) is 13.0 Å². The Hall–Kier alpha value is -2.85. The van der Waals surface area contributed by atoms with Crippen LogP contribution in [0, 0.1) is 11.2 Å². The molecular weight excluding hydrogens is 504 g/mol. The maximum absolute atomic E-state index is 14.1. The van der Waals surface area contributed by atoms with Crippen molar-refractivity contribution in [2.45, 2.75) is 44.4 Å². The van der Waals surface area contributed by atoms with Crippen LogP contribution in [-0.2, 0) is 16.0 Å². The molecule has 0 bridgehead atoms. The molecule has 2 aliphatic rings. The number of para-hydroxylation sites is 1. The van der Waals surface area contributed by atoms with E-state index < -0.39 is 6.36 Å². The highest BCUT2D eigenvalue weighted by molar-refractivity contribution is 5.79. The predicted octanol–water partition coefficient (Wildman–Crippen LogP) is 5.07. The lowest BCUT2D eigenvalue weighted by molar-refractivity contribution is -0.274. The van der Waals surface area contributed by atoms with Gasteiger partial charge in [-0.25, -0.2) is 4.39 Å². The summed E-state index contributed by atoms with van der Waals surface area (Å²) in [7, 11) is 1.62. The Bertz CT molecular complexity index is 1090. The first-order valence-corrected chi connectivity index (χ1v) is 12.9. The quantitative estimate of drug-likeness (QED) is 0.357. The highest BCUT2D eigenvalue weighted by Crippen LogP contribution is 2.50. The third-order valence-electron chi connectivity index (χ3n) is 7.64. The fourth-order valence-electron chi connectivity index (χ4n) is 5.67. The molecular formula is C28H34F4N2O4. The van der Waals surface area contributed by atoms with Crippen molar-refractivity contribution in [1.82, 2.24) is 10.2 Å². The molecule has 2 aromatic carbocycles. The molecule has 0 saturated carbocycles. The maximum atomic E-state index is 14.1. The summed E-state index contributed by atoms with van der Waals surface area (Å²) >= 11 is 0. The van der Waals surface area contributed by atoms with E-state index in [1.165, 1.54) is 30.3 Å². The van der Waals surface area contributed by atoms with E-state index in [2.05, 4.69) is 10.1 Å². The second-order valence-corrected chi connectivity index (χ2v) is 9.96. The molecule has 6 nitrogen and oxygen atoms in total. The summed E-state index contributed by atoms with van der Waals surface area (Å²) in [6.07, 6.45) is -1.91. The molecule has 2 aromatic rings. The van der Waals surface area contributed by atoms with E-state index in [9.17, 15) is 22.4 Å². The van der Waals surface area contributed by atoms with Gasteiger partial charge in [0.15, 0.2) is 0 Å². The van der Waals surface area contributed by atoms with Crippen LogP contribution in [0.5, 0.6) is 11.5 Å². The van der Waals surface area contributed by atoms with Gasteiger partial charge in [0.1, 0.15) is 17.3 Å². The predicted molar refractivity (Wildman–Crippen MR) is 134 cm³/mol. The standard InChI is InChI=1S/C28H34F4N2O4/c1-36-15-4-16-37-25-18-21(29)7-8-22(25)23-19-33-12-9-27(23)10-13-34(14-11-27)26(35)17-20-5-2-3-6-24(20)38-28(30,31)32/h2-3,5-8,18,23,33H,4,9-17,19H2,1H3/t23-/m0/s1. The summed E-state index contributed by atoms with van der Waals surface area (Å²) in [5.41, 5.74) is 1.06. The third kappa shape index (κ3) is 6.96. The number of rotatable bonds is 9. The lowest BCUT2D eigenvalue weighted by Gasteiger charge is -2.50. The van der Waals surface area contributed by atoms with E-state index in [1.807, 2.05) is 0 Å². The van der Waals surface area contributed by atoms with Crippen molar-refractivity contribution in [3.05, 3.63) is 59.4 Å². The number of benzene rings is 2. The lowest BCUT2D eigenvalue weighted by Crippen LogP contribution is -2.51. The van der Waals surface area contributed by atoms with Crippen molar-refractivity contribution in [3.63, 3.8) is 0 Å². The van der Waals surface area contributed by atoms with Gasteiger partial charge in [-0.1, -0.05) is 24.3 Å². The smallest absolute Gasteiger partial charge is 0.493 e. The number of methoxy groups -OCH3 is 1. The minimum Gasteiger partial charge on any atom is -0.493 e. The summed E-state index contributed by atoms with van der Waals surface area (Å²) in [5, 5.41) is 3.46. The molecule has 1 spiro atoms. The minimum absolute atomic E-state index is 0.0763. The molecule has 10 heteroatoms. The van der Waals surface area contributed by atoms with Crippen molar-refractivity contribution >= 4 is 5.91 Å². The zero-order valence-electron chi connectivity index (χ0n) is 21.5. The fourth-order valence-corrected chi connectivity index (χ4v) is 5.67. The Morgan fingerprint density at radius 1 is 1.08 bits per heavy atom. The number of likely N-dealkylation sites (tertiary alicyclic amines) is 1. The molecule has 0 aromatic heterocycles. The molecule has 2 heterocycles. The number of carbonyl (C=O) groups is 1. The number of hydrogen-bond donors (Lipinski definition) is 1. The largest absolute Gasteiger partial charge is 0.573 e. The van der Waals surface area contributed by atoms with Gasteiger partial charge >= 0.3 is 6.36 Å². The summed E-state index contributed by atoms with van der Waals surface area (Å²) in [4.78, 5) is 14.8. The molecule has 2 saturated heterocycles. The fraction of sp³-hybridized carbons (Fsp3) is 0.536. The van der Waals surface area contributed by atoms with Crippen molar-refractivity contribution in [2.75, 3.05) is 46.5 Å². The minimum atomic E-state index is -4.83. The average molecular weight is 539 g/mol. The van der Waals surface area contributed by atoms with Crippen molar-refractivity contribution in [3.8, 4) is 11.5 Å². The number of nitrogens with one attached hydrogen (secondary N) is 1. The van der Waals surface area contributed by atoms with E-state index in [1.54, 1.807) is 24.1 Å². The van der Waals surface area contributed by atoms with Gasteiger partial charge < -0.3 is 24.4 Å². The lowest BCUT2D eigenvalue weighted by atomic mass is 9.62. The van der Waals surface area contributed by atoms with Gasteiger partial charge in [0.2, 0.25) is 5.91 Å². The van der Waals surface area contributed by atoms with Crippen LogP contribution in [0.4, 0.5) is 17.6 Å². The number of alkyl halides is 3. The number of nitrogens with zero attached hydrogens (tertiary/aromatic N) is 1. The number of carbonyl (C=O) groups excluding carboxylic acids is 1. The first kappa shape index (κ1) is 28.2. The Kier molecular flexibility index (Phi) is 9.15. The summed E-state index contributed by atoms with van der Waals surface area (Å²) in [6, 6.07) is 10.4. The Labute approximate surface area is 220 Å². The highest BCUT2D eigenvalue weighted by Gasteiger charge is 2.45. The van der Waals surface area contributed by atoms with Crippen LogP contribution in [0.15, 0.2) is 42.5 Å². The van der Waals surface area contributed by atoms with E-state index in [-0.39, 0.29) is 40.8 Å². The molecule has 208 valence electrons. The molecule has 0 aliphatic carbocycles. The molecule has 2 fully saturated rings. The average Bonchev–Trinajstić information content (AvgIpc) is 2.88. The van der Waals surface area contributed by atoms with Crippen molar-refractivity contribution in [2.24, 2.45) is 5.41 Å². The summed E-state index contributed by atoms with van der Waals surface area (Å²) < 4.78 is 67.7.